The van der Waals surface area contributed by atoms with Crippen LogP contribution in [0.1, 0.15) is 37.3 Å². The van der Waals surface area contributed by atoms with Crippen molar-refractivity contribution in [3.05, 3.63) is 34.9 Å². The van der Waals surface area contributed by atoms with E-state index in [0.29, 0.717) is 18.4 Å². The van der Waals surface area contributed by atoms with E-state index in [9.17, 15) is 4.79 Å². The lowest BCUT2D eigenvalue weighted by atomic mass is 9.72. The highest BCUT2D eigenvalue weighted by Crippen LogP contribution is 2.39. The molecule has 1 amide bonds. The monoisotopic (exact) mass is 421 g/mol. The Bertz CT molecular complexity index is 591. The van der Waals surface area contributed by atoms with E-state index in [-0.39, 0.29) is 36.8 Å². The van der Waals surface area contributed by atoms with E-state index in [4.69, 9.17) is 11.6 Å². The summed E-state index contributed by atoms with van der Waals surface area (Å²) in [6, 6.07) is 8.10. The summed E-state index contributed by atoms with van der Waals surface area (Å²) < 4.78 is 0. The minimum atomic E-state index is 0. The van der Waals surface area contributed by atoms with E-state index in [1.807, 2.05) is 18.2 Å². The number of amides is 1. The molecule has 2 aliphatic heterocycles. The number of piperidine rings is 2. The maximum Gasteiger partial charge on any atom is 0.222 e. The number of carbonyl (C=O) groups excluding carboxylic acids is 1. The molecule has 7 heteroatoms. The predicted octanol–water partition coefficient (Wildman–Crippen LogP) is 3.78. The van der Waals surface area contributed by atoms with Gasteiger partial charge in [0.25, 0.3) is 0 Å². The molecule has 1 atom stereocenters. The van der Waals surface area contributed by atoms with Crippen LogP contribution in [0, 0.1) is 5.41 Å². The zero-order valence-corrected chi connectivity index (χ0v) is 17.9. The van der Waals surface area contributed by atoms with E-state index >= 15 is 0 Å². The average Bonchev–Trinajstić information content (AvgIpc) is 2.57. The van der Waals surface area contributed by atoms with Crippen LogP contribution in [0.15, 0.2) is 24.3 Å². The van der Waals surface area contributed by atoms with Gasteiger partial charge in [0.1, 0.15) is 0 Å². The third-order valence-corrected chi connectivity index (χ3v) is 6.04. The second-order valence-electron chi connectivity index (χ2n) is 7.53. The Labute approximate surface area is 174 Å². The van der Waals surface area contributed by atoms with Gasteiger partial charge in [0.2, 0.25) is 5.91 Å². The third kappa shape index (κ3) is 5.26. The highest BCUT2D eigenvalue weighted by atomic mass is 35.5. The molecule has 0 aliphatic carbocycles. The molecule has 0 radical (unpaired) electrons. The van der Waals surface area contributed by atoms with Crippen LogP contribution in [0.4, 0.5) is 0 Å². The second-order valence-corrected chi connectivity index (χ2v) is 7.93. The molecule has 1 aromatic carbocycles. The largest absolute Gasteiger partial charge is 0.340 e. The van der Waals surface area contributed by atoms with Crippen molar-refractivity contribution in [3.8, 4) is 0 Å². The summed E-state index contributed by atoms with van der Waals surface area (Å²) in [4.78, 5) is 16.8. The van der Waals surface area contributed by atoms with Crippen LogP contribution in [0.5, 0.6) is 0 Å². The summed E-state index contributed by atoms with van der Waals surface area (Å²) in [7, 11) is 4.12. The summed E-state index contributed by atoms with van der Waals surface area (Å²) in [5.74, 6) is 0.290. The first-order valence-electron chi connectivity index (χ1n) is 8.90. The smallest absolute Gasteiger partial charge is 0.222 e. The zero-order chi connectivity index (χ0) is 17.2. The molecule has 2 heterocycles. The third-order valence-electron chi connectivity index (χ3n) is 5.69. The molecule has 1 unspecified atom stereocenters. The number of likely N-dealkylation sites (N-methyl/N-ethyl adjacent to an activating group) is 1. The van der Waals surface area contributed by atoms with Gasteiger partial charge in [-0.05, 0) is 63.5 Å². The predicted molar refractivity (Wildman–Crippen MR) is 113 cm³/mol. The molecule has 4 nitrogen and oxygen atoms in total. The van der Waals surface area contributed by atoms with Gasteiger partial charge in [-0.15, -0.1) is 24.8 Å². The van der Waals surface area contributed by atoms with E-state index in [1.54, 1.807) is 0 Å². The number of carbonyl (C=O) groups is 1. The minimum Gasteiger partial charge on any atom is -0.340 e. The van der Waals surface area contributed by atoms with Crippen LogP contribution in [-0.2, 0) is 4.79 Å². The maximum absolute atomic E-state index is 12.6. The number of halogens is 3. The number of hydrogen-bond donors (Lipinski definition) is 1. The Morgan fingerprint density at radius 1 is 1.19 bits per heavy atom. The lowest BCUT2D eigenvalue weighted by Gasteiger charge is -2.46. The van der Waals surface area contributed by atoms with Crippen LogP contribution >= 0.6 is 36.4 Å². The van der Waals surface area contributed by atoms with Crippen molar-refractivity contribution in [1.29, 1.82) is 0 Å². The van der Waals surface area contributed by atoms with Crippen molar-refractivity contribution >= 4 is 42.3 Å². The summed E-state index contributed by atoms with van der Waals surface area (Å²) in [6.45, 7) is 3.75. The highest BCUT2D eigenvalue weighted by Gasteiger charge is 2.40. The van der Waals surface area contributed by atoms with Gasteiger partial charge in [-0.1, -0.05) is 29.8 Å². The van der Waals surface area contributed by atoms with E-state index in [2.05, 4.69) is 35.3 Å². The van der Waals surface area contributed by atoms with Crippen molar-refractivity contribution in [3.63, 3.8) is 0 Å². The highest BCUT2D eigenvalue weighted by molar-refractivity contribution is 6.31. The standard InChI is InChI=1S/C19H28ClN3O.2ClH/c1-22(2)17(15-5-3-4-6-16(15)20)13-23-14-19(8-7-18(23)24)9-11-21-12-10-19;;/h3-6,17,21H,7-14H2,1-2H3;2*1H. The first-order chi connectivity index (χ1) is 11.5. The number of hydrogen-bond acceptors (Lipinski definition) is 3. The normalized spacial score (nSPS) is 20.5. The number of nitrogens with one attached hydrogen (secondary N) is 1. The van der Waals surface area contributed by atoms with Gasteiger partial charge < -0.3 is 15.1 Å². The van der Waals surface area contributed by atoms with Gasteiger partial charge in [-0.25, -0.2) is 0 Å². The number of nitrogens with zero attached hydrogens (tertiary/aromatic N) is 2. The summed E-state index contributed by atoms with van der Waals surface area (Å²) in [5, 5.41) is 4.22. The average molecular weight is 423 g/mol. The fourth-order valence-corrected chi connectivity index (χ4v) is 4.39. The molecule has 1 N–H and O–H groups in total. The quantitative estimate of drug-likeness (QED) is 0.802. The summed E-state index contributed by atoms with van der Waals surface area (Å²) in [5.41, 5.74) is 1.41. The van der Waals surface area contributed by atoms with Crippen LogP contribution in [0.25, 0.3) is 0 Å². The van der Waals surface area contributed by atoms with Gasteiger partial charge in [0.15, 0.2) is 0 Å². The van der Waals surface area contributed by atoms with Crippen LogP contribution < -0.4 is 5.32 Å². The Morgan fingerprint density at radius 2 is 1.85 bits per heavy atom. The van der Waals surface area contributed by atoms with Crippen molar-refractivity contribution in [2.24, 2.45) is 5.41 Å². The molecule has 26 heavy (non-hydrogen) atoms. The second kappa shape index (κ2) is 10.1. The number of likely N-dealkylation sites (tertiary alicyclic amines) is 1. The number of benzene rings is 1. The van der Waals surface area contributed by atoms with E-state index in [0.717, 1.165) is 36.6 Å². The Balaban J connectivity index is 0.00000169. The maximum atomic E-state index is 12.6. The Morgan fingerprint density at radius 3 is 2.46 bits per heavy atom. The molecule has 0 saturated carbocycles. The van der Waals surface area contributed by atoms with Gasteiger partial charge >= 0.3 is 0 Å². The van der Waals surface area contributed by atoms with Gasteiger partial charge in [0.05, 0.1) is 6.04 Å². The fourth-order valence-electron chi connectivity index (χ4n) is 4.13. The molecule has 0 aromatic heterocycles. The molecule has 3 rings (SSSR count). The van der Waals surface area contributed by atoms with Gasteiger partial charge in [-0.2, -0.15) is 0 Å². The van der Waals surface area contributed by atoms with Crippen molar-refractivity contribution in [1.82, 2.24) is 15.1 Å². The fraction of sp³-hybridized carbons (Fsp3) is 0.632. The number of rotatable bonds is 4. The van der Waals surface area contributed by atoms with E-state index in [1.165, 1.54) is 12.8 Å². The zero-order valence-electron chi connectivity index (χ0n) is 15.5. The Hall–Kier alpha value is -0.520. The van der Waals surface area contributed by atoms with Gasteiger partial charge in [-0.3, -0.25) is 4.79 Å². The lowest BCUT2D eigenvalue weighted by molar-refractivity contribution is -0.139. The topological polar surface area (TPSA) is 35.6 Å². The molecule has 0 bridgehead atoms. The summed E-state index contributed by atoms with van der Waals surface area (Å²) in [6.07, 6.45) is 4.08. The Kier molecular flexibility index (Phi) is 9.17. The molecule has 2 saturated heterocycles. The van der Waals surface area contributed by atoms with Crippen molar-refractivity contribution < 1.29 is 4.79 Å². The van der Waals surface area contributed by atoms with Gasteiger partial charge in [0, 0.05) is 24.5 Å². The molecule has 2 fully saturated rings. The van der Waals surface area contributed by atoms with Crippen LogP contribution in [0.2, 0.25) is 5.02 Å². The molecule has 2 aliphatic rings. The summed E-state index contributed by atoms with van der Waals surface area (Å²) >= 11 is 6.42. The van der Waals surface area contributed by atoms with Crippen LogP contribution in [-0.4, -0.2) is 56.0 Å². The first kappa shape index (κ1) is 23.5. The molecule has 1 spiro atoms. The molecule has 148 valence electrons. The lowest BCUT2D eigenvalue weighted by Crippen LogP contribution is -2.52. The van der Waals surface area contributed by atoms with Crippen LogP contribution in [0.3, 0.4) is 0 Å². The van der Waals surface area contributed by atoms with Crippen molar-refractivity contribution in [2.45, 2.75) is 31.7 Å². The SMILES string of the molecule is CN(C)C(CN1CC2(CCNCC2)CCC1=O)c1ccccc1Cl.Cl.Cl. The molecule has 1 aromatic rings. The first-order valence-corrected chi connectivity index (χ1v) is 9.28. The van der Waals surface area contributed by atoms with Crippen molar-refractivity contribution in [2.75, 3.05) is 40.3 Å². The van der Waals surface area contributed by atoms with E-state index < -0.39 is 0 Å². The molecular weight excluding hydrogens is 393 g/mol. The minimum absolute atomic E-state index is 0. The molecular formula is C19H30Cl3N3O.